The van der Waals surface area contributed by atoms with Crippen LogP contribution in [0.5, 0.6) is 0 Å². The average molecular weight is 352 g/mol. The second kappa shape index (κ2) is 11.6. The fourth-order valence-corrected chi connectivity index (χ4v) is 1.91. The number of carboxylic acid groups (broad SMARTS) is 2. The second-order valence-corrected chi connectivity index (χ2v) is 5.10. The van der Waals surface area contributed by atoms with Gasteiger partial charge in [0.1, 0.15) is 18.6 Å². The predicted octanol–water partition coefficient (Wildman–Crippen LogP) is -2.34. The number of aliphatic carboxylic acids is 2. The molecule has 0 fully saturated rings. The zero-order valence-electron chi connectivity index (χ0n) is 12.4. The van der Waals surface area contributed by atoms with Gasteiger partial charge < -0.3 is 26.6 Å². The van der Waals surface area contributed by atoms with Gasteiger partial charge in [0.2, 0.25) is 11.8 Å². The Morgan fingerprint density at radius 3 is 2.43 bits per heavy atom. The minimum absolute atomic E-state index is 0.0655. The molecule has 0 radical (unpaired) electrons. The lowest BCUT2D eigenvalue weighted by atomic mass is 10.1. The summed E-state index contributed by atoms with van der Waals surface area (Å²) in [5, 5.41) is 21.7. The van der Waals surface area contributed by atoms with E-state index >= 15 is 0 Å². The molecular formula is C11H20N4O7S. The van der Waals surface area contributed by atoms with Crippen LogP contribution in [-0.2, 0) is 24.0 Å². The summed E-state index contributed by atoms with van der Waals surface area (Å²) in [6, 6.07) is -2.19. The first-order valence-corrected chi connectivity index (χ1v) is 7.43. The van der Waals surface area contributed by atoms with Crippen molar-refractivity contribution < 1.29 is 34.2 Å². The van der Waals surface area contributed by atoms with E-state index in [9.17, 15) is 19.2 Å². The molecular weight excluding hydrogens is 332 g/mol. The molecule has 0 rings (SSSR count). The fourth-order valence-electron chi connectivity index (χ4n) is 1.32. The third-order valence-electron chi connectivity index (χ3n) is 2.46. The molecule has 0 aromatic carbocycles. The van der Waals surface area contributed by atoms with E-state index in [4.69, 9.17) is 15.9 Å². The molecule has 0 saturated heterocycles. The Morgan fingerprint density at radius 2 is 1.91 bits per heavy atom. The lowest BCUT2D eigenvalue weighted by molar-refractivity contribution is -0.139. The number of carbonyl (C=O) groups excluding carboxylic acids is 2. The maximum Gasteiger partial charge on any atom is 0.322 e. The molecule has 0 aromatic rings. The zero-order valence-corrected chi connectivity index (χ0v) is 13.2. The van der Waals surface area contributed by atoms with Crippen LogP contribution in [0.1, 0.15) is 12.8 Å². The summed E-state index contributed by atoms with van der Waals surface area (Å²) >= 11 is 0.981. The van der Waals surface area contributed by atoms with Gasteiger partial charge in [0.25, 0.3) is 0 Å². The lowest BCUT2D eigenvalue weighted by Crippen LogP contribution is -2.49. The maximum atomic E-state index is 11.8. The van der Waals surface area contributed by atoms with Crippen molar-refractivity contribution in [2.45, 2.75) is 24.9 Å². The topological polar surface area (TPSA) is 180 Å². The summed E-state index contributed by atoms with van der Waals surface area (Å²) in [6.45, 7) is -0.586. The molecule has 0 aliphatic rings. The van der Waals surface area contributed by atoms with Crippen molar-refractivity contribution >= 4 is 35.7 Å². The molecule has 0 aliphatic heterocycles. The highest BCUT2D eigenvalue weighted by atomic mass is 32.2. The molecule has 0 aliphatic carbocycles. The van der Waals surface area contributed by atoms with Crippen molar-refractivity contribution in [2.24, 2.45) is 5.73 Å². The smallest absolute Gasteiger partial charge is 0.322 e. The number of rotatable bonds is 12. The van der Waals surface area contributed by atoms with E-state index < -0.39 is 42.4 Å². The van der Waals surface area contributed by atoms with E-state index in [1.165, 1.54) is 7.11 Å². The molecule has 0 saturated carbocycles. The lowest BCUT2D eigenvalue weighted by Gasteiger charge is -2.18. The van der Waals surface area contributed by atoms with Crippen LogP contribution in [0.2, 0.25) is 0 Å². The first kappa shape index (κ1) is 21.1. The highest BCUT2D eigenvalue weighted by Crippen LogP contribution is 2.01. The van der Waals surface area contributed by atoms with Crippen molar-refractivity contribution in [3.05, 3.63) is 0 Å². The second-order valence-electron chi connectivity index (χ2n) is 4.31. The van der Waals surface area contributed by atoms with Crippen LogP contribution >= 0.6 is 11.9 Å². The van der Waals surface area contributed by atoms with E-state index in [1.807, 2.05) is 0 Å². The van der Waals surface area contributed by atoms with E-state index in [0.717, 1.165) is 11.9 Å². The van der Waals surface area contributed by atoms with E-state index in [1.54, 1.807) is 0 Å². The van der Waals surface area contributed by atoms with Crippen LogP contribution in [0, 0.1) is 0 Å². The Bertz CT molecular complexity index is 435. The molecule has 2 amide bonds. The SMILES string of the molecule is CONSC[C@H](NC(=O)CC[C@H](N)C(=O)O)C(=O)NCC(=O)O. The predicted molar refractivity (Wildman–Crippen MR) is 80.0 cm³/mol. The van der Waals surface area contributed by atoms with E-state index in [0.29, 0.717) is 0 Å². The summed E-state index contributed by atoms with van der Waals surface area (Å²) in [6.07, 6.45) is -0.271. The molecule has 2 atom stereocenters. The molecule has 11 nitrogen and oxygen atoms in total. The molecule has 132 valence electrons. The number of nitrogens with two attached hydrogens (primary N) is 1. The van der Waals surface area contributed by atoms with Crippen molar-refractivity contribution in [1.29, 1.82) is 0 Å². The molecule has 0 unspecified atom stereocenters. The highest BCUT2D eigenvalue weighted by Gasteiger charge is 2.22. The van der Waals surface area contributed by atoms with E-state index in [2.05, 4.69) is 20.4 Å². The summed E-state index contributed by atoms with van der Waals surface area (Å²) < 4.78 is 0. The summed E-state index contributed by atoms with van der Waals surface area (Å²) in [5.74, 6) is -3.65. The van der Waals surface area contributed by atoms with Gasteiger partial charge in [-0.25, -0.2) is 0 Å². The number of carboxylic acids is 2. The minimum atomic E-state index is -1.23. The first-order chi connectivity index (χ1) is 10.8. The molecule has 12 heteroatoms. The number of hydrogen-bond acceptors (Lipinski definition) is 8. The maximum absolute atomic E-state index is 11.8. The van der Waals surface area contributed by atoms with Crippen molar-refractivity contribution in [3.63, 3.8) is 0 Å². The van der Waals surface area contributed by atoms with E-state index in [-0.39, 0.29) is 18.6 Å². The normalized spacial score (nSPS) is 13.0. The average Bonchev–Trinajstić information content (AvgIpc) is 2.49. The molecule has 7 N–H and O–H groups in total. The van der Waals surface area contributed by atoms with Crippen LogP contribution in [0.25, 0.3) is 0 Å². The zero-order chi connectivity index (χ0) is 17.8. The monoisotopic (exact) mass is 352 g/mol. The third-order valence-corrected chi connectivity index (χ3v) is 3.24. The number of nitrogens with one attached hydrogen (secondary N) is 3. The number of hydrogen-bond donors (Lipinski definition) is 6. The Morgan fingerprint density at radius 1 is 1.26 bits per heavy atom. The van der Waals surface area contributed by atoms with Gasteiger partial charge in [-0.3, -0.25) is 24.0 Å². The summed E-state index contributed by atoms with van der Waals surface area (Å²) in [7, 11) is 1.36. The fraction of sp³-hybridized carbons (Fsp3) is 0.636. The van der Waals surface area contributed by atoms with Gasteiger partial charge in [0.15, 0.2) is 0 Å². The van der Waals surface area contributed by atoms with Gasteiger partial charge in [-0.05, 0) is 6.42 Å². The Kier molecular flexibility index (Phi) is 10.7. The van der Waals surface area contributed by atoms with Gasteiger partial charge in [-0.1, -0.05) is 11.9 Å². The Balaban J connectivity index is 4.48. The quantitative estimate of drug-likeness (QED) is 0.127. The highest BCUT2D eigenvalue weighted by molar-refractivity contribution is 7.97. The van der Waals surface area contributed by atoms with Crippen LogP contribution in [0.4, 0.5) is 0 Å². The number of amides is 2. The largest absolute Gasteiger partial charge is 0.480 e. The van der Waals surface area contributed by atoms with Gasteiger partial charge in [-0.15, -0.1) is 4.89 Å². The van der Waals surface area contributed by atoms with Crippen LogP contribution < -0.4 is 21.3 Å². The molecule has 23 heavy (non-hydrogen) atoms. The Hall–Kier alpha value is -1.89. The van der Waals surface area contributed by atoms with Crippen molar-refractivity contribution in [1.82, 2.24) is 15.5 Å². The van der Waals surface area contributed by atoms with Gasteiger partial charge in [0.05, 0.1) is 7.11 Å². The molecule has 0 bridgehead atoms. The van der Waals surface area contributed by atoms with Gasteiger partial charge in [0, 0.05) is 12.2 Å². The van der Waals surface area contributed by atoms with Gasteiger partial charge >= 0.3 is 11.9 Å². The summed E-state index contributed by atoms with van der Waals surface area (Å²) in [5.41, 5.74) is 5.28. The van der Waals surface area contributed by atoms with Crippen LogP contribution in [-0.4, -0.2) is 65.5 Å². The van der Waals surface area contributed by atoms with Crippen LogP contribution in [0.15, 0.2) is 0 Å². The molecule has 0 aromatic heterocycles. The first-order valence-electron chi connectivity index (χ1n) is 6.45. The number of carbonyl (C=O) groups is 4. The standard InChI is InChI=1S/C11H20N4O7S/c1-22-15-23-5-7(10(19)13-4-9(17)18)14-8(16)3-2-6(12)11(20)21/h6-7,15H,2-5,12H2,1H3,(H,13,19)(H,14,16)(H,17,18)(H,20,21)/t6-,7-/m0/s1. The van der Waals surface area contributed by atoms with Gasteiger partial charge in [-0.2, -0.15) is 0 Å². The van der Waals surface area contributed by atoms with Crippen LogP contribution in [0.3, 0.4) is 0 Å². The van der Waals surface area contributed by atoms with Crippen molar-refractivity contribution in [2.75, 3.05) is 19.4 Å². The Labute approximate surface area is 136 Å². The van der Waals surface area contributed by atoms with Crippen molar-refractivity contribution in [3.8, 4) is 0 Å². The molecule has 0 heterocycles. The minimum Gasteiger partial charge on any atom is -0.480 e. The summed E-state index contributed by atoms with van der Waals surface area (Å²) in [4.78, 5) is 51.6. The third kappa shape index (κ3) is 10.5. The molecule has 0 spiro atoms.